The van der Waals surface area contributed by atoms with E-state index in [-0.39, 0.29) is 11.0 Å². The molecule has 2 N–H and O–H groups in total. The molecule has 0 heterocycles. The molecule has 0 radical (unpaired) electrons. The molecule has 3 nitrogen and oxygen atoms in total. The molecule has 0 spiro atoms. The molecule has 4 heteroatoms. The number of aryl methyl sites for hydroxylation is 2. The van der Waals surface area contributed by atoms with Crippen LogP contribution in [0.4, 0.5) is 0 Å². The largest absolute Gasteiger partial charge is 0.323 e. The molecule has 0 aliphatic carbocycles. The fraction of sp³-hybridized carbons (Fsp3) is 0.571. The van der Waals surface area contributed by atoms with E-state index in [0.717, 1.165) is 16.7 Å². The average molecular weight is 269 g/mol. The lowest BCUT2D eigenvalue weighted by molar-refractivity contribution is 0.573. The second-order valence-electron chi connectivity index (χ2n) is 5.01. The highest BCUT2D eigenvalue weighted by atomic mass is 32.2. The van der Waals surface area contributed by atoms with Gasteiger partial charge in [-0.05, 0) is 38.3 Å². The number of benzene rings is 1. The van der Waals surface area contributed by atoms with Crippen molar-refractivity contribution in [1.82, 2.24) is 0 Å². The topological polar surface area (TPSA) is 60.2 Å². The maximum atomic E-state index is 12.0. The summed E-state index contributed by atoms with van der Waals surface area (Å²) in [5.74, 6) is 0.0197. The highest BCUT2D eigenvalue weighted by Gasteiger charge is 2.23. The Kier molecular flexibility index (Phi) is 4.93. The third-order valence-corrected chi connectivity index (χ3v) is 5.81. The molecule has 2 atom stereocenters. The minimum absolute atomic E-state index is 0.0197. The zero-order valence-electron chi connectivity index (χ0n) is 11.6. The van der Waals surface area contributed by atoms with E-state index in [2.05, 4.69) is 0 Å². The van der Waals surface area contributed by atoms with Crippen molar-refractivity contribution in [2.75, 3.05) is 5.75 Å². The summed E-state index contributed by atoms with van der Waals surface area (Å²) in [5.41, 5.74) is 9.19. The standard InChI is InChI=1S/C14H23NO2S/c1-5-12(4)18(16,17)9-14(15)13-7-6-10(2)8-11(13)3/h6-8,12,14H,5,9,15H2,1-4H3. The van der Waals surface area contributed by atoms with Crippen LogP contribution < -0.4 is 5.73 Å². The summed E-state index contributed by atoms with van der Waals surface area (Å²) >= 11 is 0. The summed E-state index contributed by atoms with van der Waals surface area (Å²) in [5, 5.41) is -0.325. The van der Waals surface area contributed by atoms with Gasteiger partial charge in [-0.2, -0.15) is 0 Å². The van der Waals surface area contributed by atoms with E-state index >= 15 is 0 Å². The van der Waals surface area contributed by atoms with Crippen molar-refractivity contribution in [3.05, 3.63) is 34.9 Å². The maximum Gasteiger partial charge on any atom is 0.154 e. The lowest BCUT2D eigenvalue weighted by atomic mass is 10.0. The normalized spacial score (nSPS) is 15.4. The Labute approximate surface area is 110 Å². The summed E-state index contributed by atoms with van der Waals surface area (Å²) in [6.07, 6.45) is 0.627. The Hall–Kier alpha value is -0.870. The number of rotatable bonds is 5. The van der Waals surface area contributed by atoms with Crippen LogP contribution in [0.1, 0.15) is 43.0 Å². The van der Waals surface area contributed by atoms with Gasteiger partial charge in [-0.15, -0.1) is 0 Å². The van der Waals surface area contributed by atoms with Crippen molar-refractivity contribution in [2.45, 2.75) is 45.4 Å². The molecule has 0 saturated heterocycles. The zero-order chi connectivity index (χ0) is 13.9. The van der Waals surface area contributed by atoms with E-state index in [1.807, 2.05) is 39.0 Å². The van der Waals surface area contributed by atoms with Crippen molar-refractivity contribution in [3.8, 4) is 0 Å². The van der Waals surface area contributed by atoms with E-state index in [1.54, 1.807) is 6.92 Å². The van der Waals surface area contributed by atoms with E-state index in [0.29, 0.717) is 6.42 Å². The first kappa shape index (κ1) is 15.2. The minimum atomic E-state index is -3.11. The van der Waals surface area contributed by atoms with Gasteiger partial charge in [0.15, 0.2) is 9.84 Å². The molecule has 0 bridgehead atoms. The number of hydrogen-bond donors (Lipinski definition) is 1. The van der Waals surface area contributed by atoms with E-state index in [9.17, 15) is 8.42 Å². The highest BCUT2D eigenvalue weighted by Crippen LogP contribution is 2.20. The van der Waals surface area contributed by atoms with E-state index in [1.165, 1.54) is 0 Å². The predicted molar refractivity (Wildman–Crippen MR) is 76.4 cm³/mol. The lowest BCUT2D eigenvalue weighted by Gasteiger charge is -2.18. The third kappa shape index (κ3) is 3.56. The quantitative estimate of drug-likeness (QED) is 0.893. The molecule has 0 aliphatic heterocycles. The molecule has 18 heavy (non-hydrogen) atoms. The summed E-state index contributed by atoms with van der Waals surface area (Å²) < 4.78 is 24.1. The zero-order valence-corrected chi connectivity index (χ0v) is 12.4. The molecule has 0 saturated carbocycles. The molecular weight excluding hydrogens is 246 g/mol. The van der Waals surface area contributed by atoms with Crippen LogP contribution in [-0.2, 0) is 9.84 Å². The van der Waals surface area contributed by atoms with Gasteiger partial charge in [0.1, 0.15) is 0 Å². The van der Waals surface area contributed by atoms with E-state index in [4.69, 9.17) is 5.73 Å². The maximum absolute atomic E-state index is 12.0. The van der Waals surface area contributed by atoms with Gasteiger partial charge in [0.05, 0.1) is 11.0 Å². The number of sulfone groups is 1. The molecule has 0 fully saturated rings. The van der Waals surface area contributed by atoms with Gasteiger partial charge in [-0.3, -0.25) is 0 Å². The van der Waals surface area contributed by atoms with Crippen LogP contribution in [0.5, 0.6) is 0 Å². The summed E-state index contributed by atoms with van der Waals surface area (Å²) in [4.78, 5) is 0. The van der Waals surface area contributed by atoms with Crippen LogP contribution in [0, 0.1) is 13.8 Å². The monoisotopic (exact) mass is 269 g/mol. The fourth-order valence-electron chi connectivity index (χ4n) is 2.00. The van der Waals surface area contributed by atoms with Crippen molar-refractivity contribution in [2.24, 2.45) is 5.73 Å². The molecule has 1 aromatic carbocycles. The number of hydrogen-bond acceptors (Lipinski definition) is 3. The molecule has 0 amide bonds. The molecule has 1 rings (SSSR count). The van der Waals surface area contributed by atoms with Crippen LogP contribution in [0.2, 0.25) is 0 Å². The molecule has 0 aromatic heterocycles. The SMILES string of the molecule is CCC(C)S(=O)(=O)CC(N)c1ccc(C)cc1C. The smallest absolute Gasteiger partial charge is 0.154 e. The van der Waals surface area contributed by atoms with Gasteiger partial charge in [0.2, 0.25) is 0 Å². The molecule has 2 unspecified atom stereocenters. The Morgan fingerprint density at radius 1 is 1.28 bits per heavy atom. The minimum Gasteiger partial charge on any atom is -0.323 e. The Balaban J connectivity index is 2.92. The van der Waals surface area contributed by atoms with Crippen molar-refractivity contribution in [1.29, 1.82) is 0 Å². The molecule has 1 aromatic rings. The summed E-state index contributed by atoms with van der Waals surface area (Å²) in [6.45, 7) is 7.60. The van der Waals surface area contributed by atoms with Crippen molar-refractivity contribution < 1.29 is 8.42 Å². The second-order valence-corrected chi connectivity index (χ2v) is 7.48. The van der Waals surface area contributed by atoms with Gasteiger partial charge in [0.25, 0.3) is 0 Å². The van der Waals surface area contributed by atoms with E-state index < -0.39 is 15.9 Å². The summed E-state index contributed by atoms with van der Waals surface area (Å²) in [7, 11) is -3.11. The summed E-state index contributed by atoms with van der Waals surface area (Å²) in [6, 6.07) is 5.49. The van der Waals surface area contributed by atoms with Crippen LogP contribution in [0.15, 0.2) is 18.2 Å². The van der Waals surface area contributed by atoms with Gasteiger partial charge < -0.3 is 5.73 Å². The first-order valence-corrected chi connectivity index (χ1v) is 8.03. The molecule has 102 valence electrons. The first-order chi connectivity index (χ1) is 8.27. The van der Waals surface area contributed by atoms with Crippen LogP contribution >= 0.6 is 0 Å². The Morgan fingerprint density at radius 2 is 1.89 bits per heavy atom. The average Bonchev–Trinajstić information content (AvgIpc) is 2.26. The first-order valence-electron chi connectivity index (χ1n) is 6.32. The van der Waals surface area contributed by atoms with Gasteiger partial charge in [-0.25, -0.2) is 8.42 Å². The van der Waals surface area contributed by atoms with Gasteiger partial charge >= 0.3 is 0 Å². The Bertz CT molecular complexity index is 509. The van der Waals surface area contributed by atoms with Crippen LogP contribution in [-0.4, -0.2) is 19.4 Å². The van der Waals surface area contributed by atoms with Gasteiger partial charge in [0, 0.05) is 6.04 Å². The van der Waals surface area contributed by atoms with Gasteiger partial charge in [-0.1, -0.05) is 30.7 Å². The lowest BCUT2D eigenvalue weighted by Crippen LogP contribution is -2.28. The Morgan fingerprint density at radius 3 is 2.39 bits per heavy atom. The van der Waals surface area contributed by atoms with Crippen molar-refractivity contribution >= 4 is 9.84 Å². The molecular formula is C14H23NO2S. The third-order valence-electron chi connectivity index (χ3n) is 3.42. The predicted octanol–water partition coefficient (Wildman–Crippen LogP) is 2.52. The van der Waals surface area contributed by atoms with Crippen LogP contribution in [0.25, 0.3) is 0 Å². The number of nitrogens with two attached hydrogens (primary N) is 1. The van der Waals surface area contributed by atoms with Crippen LogP contribution in [0.3, 0.4) is 0 Å². The molecule has 0 aliphatic rings. The highest BCUT2D eigenvalue weighted by molar-refractivity contribution is 7.92. The fourth-order valence-corrected chi connectivity index (χ4v) is 3.52. The second kappa shape index (κ2) is 5.85. The van der Waals surface area contributed by atoms with Crippen molar-refractivity contribution in [3.63, 3.8) is 0 Å².